The maximum absolute atomic E-state index is 11.2. The fourth-order valence-corrected chi connectivity index (χ4v) is 1.98. The largest absolute Gasteiger partial charge is 0.478 e. The minimum Gasteiger partial charge on any atom is -0.478 e. The van der Waals surface area contributed by atoms with Crippen LogP contribution in [0, 0.1) is 0 Å². The molecule has 4 heteroatoms. The summed E-state index contributed by atoms with van der Waals surface area (Å²) in [6, 6.07) is 9.17. The molecule has 2 rings (SSSR count). The Hall–Kier alpha value is -2.20. The fourth-order valence-electron chi connectivity index (χ4n) is 1.98. The van der Waals surface area contributed by atoms with E-state index in [1.54, 1.807) is 13.3 Å². The number of nitrogens with zero attached hydrogens (tertiary/aromatic N) is 1. The van der Waals surface area contributed by atoms with Gasteiger partial charge in [0.15, 0.2) is 0 Å². The van der Waals surface area contributed by atoms with E-state index in [1.165, 1.54) is 12.3 Å². The van der Waals surface area contributed by atoms with Gasteiger partial charge in [-0.3, -0.25) is 4.98 Å². The Morgan fingerprint density at radius 3 is 2.40 bits per heavy atom. The van der Waals surface area contributed by atoms with Crippen molar-refractivity contribution < 1.29 is 14.6 Å². The van der Waals surface area contributed by atoms with Crippen molar-refractivity contribution in [3.8, 4) is 11.1 Å². The number of carboxylic acids is 1. The van der Waals surface area contributed by atoms with Gasteiger partial charge in [0, 0.05) is 25.1 Å². The minimum absolute atomic E-state index is 0.249. The maximum atomic E-state index is 11.2. The molecule has 0 saturated carbocycles. The van der Waals surface area contributed by atoms with Gasteiger partial charge in [-0.2, -0.15) is 0 Å². The quantitative estimate of drug-likeness (QED) is 0.926. The van der Waals surface area contributed by atoms with E-state index >= 15 is 0 Å². The Morgan fingerprint density at radius 1 is 1.20 bits per heavy atom. The van der Waals surface area contributed by atoms with Crippen LogP contribution in [0.3, 0.4) is 0 Å². The number of methoxy groups -OCH3 is 1. The van der Waals surface area contributed by atoms with Crippen molar-refractivity contribution >= 4 is 5.97 Å². The zero-order valence-corrected chi connectivity index (χ0v) is 11.8. The van der Waals surface area contributed by atoms with Crippen LogP contribution in [0.15, 0.2) is 42.7 Å². The molecule has 0 unspecified atom stereocenters. The third-order valence-electron chi connectivity index (χ3n) is 3.45. The summed E-state index contributed by atoms with van der Waals surface area (Å²) in [5, 5.41) is 9.20. The molecule has 1 aromatic heterocycles. The van der Waals surface area contributed by atoms with E-state index in [9.17, 15) is 9.90 Å². The first-order chi connectivity index (χ1) is 9.45. The lowest BCUT2D eigenvalue weighted by Gasteiger charge is -2.23. The van der Waals surface area contributed by atoms with Crippen LogP contribution in [0.2, 0.25) is 0 Å². The summed E-state index contributed by atoms with van der Waals surface area (Å²) in [6.45, 7) is 3.96. The van der Waals surface area contributed by atoms with Crippen LogP contribution in [0.1, 0.15) is 29.8 Å². The highest BCUT2D eigenvalue weighted by Gasteiger charge is 2.19. The van der Waals surface area contributed by atoms with Gasteiger partial charge in [-0.1, -0.05) is 24.3 Å². The Bertz CT molecular complexity index is 618. The molecule has 1 aromatic carbocycles. The zero-order chi connectivity index (χ0) is 14.8. The van der Waals surface area contributed by atoms with Crippen LogP contribution in [0.4, 0.5) is 0 Å². The van der Waals surface area contributed by atoms with E-state index in [0.29, 0.717) is 5.56 Å². The number of hydrogen-bond acceptors (Lipinski definition) is 3. The van der Waals surface area contributed by atoms with E-state index in [1.807, 2.05) is 38.1 Å². The van der Waals surface area contributed by atoms with E-state index in [0.717, 1.165) is 11.1 Å². The predicted molar refractivity (Wildman–Crippen MR) is 76.7 cm³/mol. The number of pyridine rings is 1. The van der Waals surface area contributed by atoms with Crippen molar-refractivity contribution in [2.24, 2.45) is 0 Å². The van der Waals surface area contributed by atoms with Gasteiger partial charge >= 0.3 is 5.97 Å². The summed E-state index contributed by atoms with van der Waals surface area (Å²) >= 11 is 0. The average Bonchev–Trinajstić information content (AvgIpc) is 2.47. The number of carboxylic acid groups (broad SMARTS) is 1. The van der Waals surface area contributed by atoms with Gasteiger partial charge in [-0.05, 0) is 31.0 Å². The summed E-state index contributed by atoms with van der Waals surface area (Å²) in [4.78, 5) is 15.2. The van der Waals surface area contributed by atoms with Crippen molar-refractivity contribution in [2.45, 2.75) is 19.4 Å². The molecule has 0 saturated heterocycles. The molecule has 4 nitrogen and oxygen atoms in total. The molecule has 0 fully saturated rings. The van der Waals surface area contributed by atoms with E-state index < -0.39 is 5.97 Å². The van der Waals surface area contributed by atoms with Crippen LogP contribution in [-0.4, -0.2) is 23.2 Å². The van der Waals surface area contributed by atoms with Gasteiger partial charge in [-0.15, -0.1) is 0 Å². The number of hydrogen-bond donors (Lipinski definition) is 1. The van der Waals surface area contributed by atoms with Gasteiger partial charge in [0.05, 0.1) is 11.2 Å². The first-order valence-corrected chi connectivity index (χ1v) is 6.29. The van der Waals surface area contributed by atoms with E-state index in [4.69, 9.17) is 4.74 Å². The van der Waals surface area contributed by atoms with Gasteiger partial charge in [0.2, 0.25) is 0 Å². The summed E-state index contributed by atoms with van der Waals surface area (Å²) in [7, 11) is 1.66. The van der Waals surface area contributed by atoms with Gasteiger partial charge in [-0.25, -0.2) is 4.79 Å². The Morgan fingerprint density at radius 2 is 1.85 bits per heavy atom. The van der Waals surface area contributed by atoms with Gasteiger partial charge in [0.1, 0.15) is 0 Å². The number of carbonyl (C=O) groups is 1. The summed E-state index contributed by atoms with van der Waals surface area (Å²) in [5.41, 5.74) is 2.35. The maximum Gasteiger partial charge on any atom is 0.336 e. The van der Waals surface area contributed by atoms with E-state index in [-0.39, 0.29) is 11.2 Å². The van der Waals surface area contributed by atoms with Crippen molar-refractivity contribution in [3.63, 3.8) is 0 Å². The molecule has 0 aliphatic rings. The van der Waals surface area contributed by atoms with Crippen LogP contribution in [-0.2, 0) is 10.3 Å². The molecule has 0 radical (unpaired) electrons. The average molecular weight is 271 g/mol. The topological polar surface area (TPSA) is 59.4 Å². The number of aromatic carboxylic acids is 1. The second-order valence-corrected chi connectivity index (χ2v) is 5.02. The van der Waals surface area contributed by atoms with Gasteiger partial charge < -0.3 is 9.84 Å². The third kappa shape index (κ3) is 2.70. The molecule has 1 heterocycles. The monoisotopic (exact) mass is 271 g/mol. The molecule has 2 aromatic rings. The standard InChI is InChI=1S/C16H17NO3/c1-16(2,20-3)12-6-4-11(5-7-12)14-10-17-9-8-13(14)15(18)19/h4-10H,1-3H3,(H,18,19). The highest BCUT2D eigenvalue weighted by atomic mass is 16.5. The van der Waals surface area contributed by atoms with Crippen molar-refractivity contribution in [1.82, 2.24) is 4.98 Å². The molecule has 0 amide bonds. The Balaban J connectivity index is 2.43. The SMILES string of the molecule is COC(C)(C)c1ccc(-c2cnccc2C(=O)O)cc1. The fraction of sp³-hybridized carbons (Fsp3) is 0.250. The molecule has 20 heavy (non-hydrogen) atoms. The number of benzene rings is 1. The number of ether oxygens (including phenoxy) is 1. The molecule has 0 bridgehead atoms. The summed E-state index contributed by atoms with van der Waals surface area (Å²) < 4.78 is 5.42. The second kappa shape index (κ2) is 5.43. The van der Waals surface area contributed by atoms with Gasteiger partial charge in [0.25, 0.3) is 0 Å². The number of aromatic nitrogens is 1. The lowest BCUT2D eigenvalue weighted by atomic mass is 9.94. The minimum atomic E-state index is -0.955. The van der Waals surface area contributed by atoms with Crippen LogP contribution >= 0.6 is 0 Å². The van der Waals surface area contributed by atoms with Crippen LogP contribution < -0.4 is 0 Å². The first-order valence-electron chi connectivity index (χ1n) is 6.29. The van der Waals surface area contributed by atoms with E-state index in [2.05, 4.69) is 4.98 Å². The lowest BCUT2D eigenvalue weighted by Crippen LogP contribution is -2.19. The highest BCUT2D eigenvalue weighted by molar-refractivity contribution is 5.95. The second-order valence-electron chi connectivity index (χ2n) is 5.02. The zero-order valence-electron chi connectivity index (χ0n) is 11.8. The number of rotatable bonds is 4. The molecule has 0 atom stereocenters. The third-order valence-corrected chi connectivity index (χ3v) is 3.45. The molecule has 1 N–H and O–H groups in total. The van der Waals surface area contributed by atoms with Crippen LogP contribution in [0.25, 0.3) is 11.1 Å². The first kappa shape index (κ1) is 14.2. The molecular weight excluding hydrogens is 254 g/mol. The van der Waals surface area contributed by atoms with Crippen molar-refractivity contribution in [2.75, 3.05) is 7.11 Å². The lowest BCUT2D eigenvalue weighted by molar-refractivity contribution is 0.0192. The smallest absolute Gasteiger partial charge is 0.336 e. The molecule has 0 spiro atoms. The van der Waals surface area contributed by atoms with Crippen LogP contribution in [0.5, 0.6) is 0 Å². The molecule has 0 aliphatic heterocycles. The van der Waals surface area contributed by atoms with Crippen molar-refractivity contribution in [1.29, 1.82) is 0 Å². The summed E-state index contributed by atoms with van der Waals surface area (Å²) in [5.74, 6) is -0.955. The Labute approximate surface area is 118 Å². The Kier molecular flexibility index (Phi) is 3.86. The molecule has 0 aliphatic carbocycles. The van der Waals surface area contributed by atoms with Crippen molar-refractivity contribution in [3.05, 3.63) is 53.9 Å². The predicted octanol–water partition coefficient (Wildman–Crippen LogP) is 3.33. The normalized spacial score (nSPS) is 11.3. The highest BCUT2D eigenvalue weighted by Crippen LogP contribution is 2.28. The summed E-state index contributed by atoms with van der Waals surface area (Å²) in [6.07, 6.45) is 3.05. The molecular formula is C16H17NO3. The molecule has 104 valence electrons.